The van der Waals surface area contributed by atoms with E-state index in [1.54, 1.807) is 24.3 Å². The fourth-order valence-electron chi connectivity index (χ4n) is 3.03. The molecule has 2 atom stereocenters. The lowest BCUT2D eigenvalue weighted by molar-refractivity contribution is -0.204. The van der Waals surface area contributed by atoms with Crippen molar-refractivity contribution in [1.29, 1.82) is 0 Å². The lowest BCUT2D eigenvalue weighted by Gasteiger charge is -2.36. The number of rotatable bonds is 6. The Kier molecular flexibility index (Phi) is 8.61. The highest BCUT2D eigenvalue weighted by atomic mass is 28.3. The van der Waals surface area contributed by atoms with Crippen molar-refractivity contribution in [2.75, 3.05) is 20.7 Å². The summed E-state index contributed by atoms with van der Waals surface area (Å²) in [6, 6.07) is 6.80. The zero-order valence-corrected chi connectivity index (χ0v) is 20.7. The van der Waals surface area contributed by atoms with Gasteiger partial charge in [0, 0.05) is 38.2 Å². The molecule has 1 saturated heterocycles. The molecule has 9 heteroatoms. The van der Waals surface area contributed by atoms with E-state index in [1.807, 2.05) is 0 Å². The lowest BCUT2D eigenvalue weighted by atomic mass is 9.96. The van der Waals surface area contributed by atoms with Crippen molar-refractivity contribution in [3.8, 4) is 11.5 Å². The first-order valence-electron chi connectivity index (χ1n) is 10.7. The predicted octanol–water partition coefficient (Wildman–Crippen LogP) is 2.07. The van der Waals surface area contributed by atoms with E-state index in [9.17, 15) is 14.4 Å². The Bertz CT molecular complexity index is 895. The Labute approximate surface area is 191 Å². The van der Waals surface area contributed by atoms with Crippen LogP contribution in [0.15, 0.2) is 24.3 Å². The van der Waals surface area contributed by atoms with Crippen LogP contribution in [0.1, 0.15) is 42.1 Å². The third-order valence-corrected chi connectivity index (χ3v) is 6.10. The maximum atomic E-state index is 13.1. The highest BCUT2D eigenvalue weighted by molar-refractivity contribution is 6.83. The molecule has 1 fully saturated rings. The van der Waals surface area contributed by atoms with Gasteiger partial charge in [-0.15, -0.1) is 5.54 Å². The summed E-state index contributed by atoms with van der Waals surface area (Å²) in [4.78, 5) is 45.2. The molecule has 0 radical (unpaired) electrons. The first-order chi connectivity index (χ1) is 15.0. The monoisotopic (exact) mass is 459 g/mol. The van der Waals surface area contributed by atoms with E-state index in [0.717, 1.165) is 23.3 Å². The molecule has 1 aromatic rings. The number of carbonyl (C=O) groups is 3. The summed E-state index contributed by atoms with van der Waals surface area (Å²) in [5.41, 5.74) is 4.89. The number of likely N-dealkylation sites (N-methyl/N-ethyl adjacent to an activating group) is 2. The van der Waals surface area contributed by atoms with Crippen LogP contribution in [-0.2, 0) is 19.2 Å². The normalized spacial score (nSPS) is 17.9. The Morgan fingerprint density at radius 2 is 1.81 bits per heavy atom. The van der Waals surface area contributed by atoms with Gasteiger partial charge in [0.25, 0.3) is 17.7 Å². The number of carbonyl (C=O) groups excluding carboxylic acids is 3. The summed E-state index contributed by atoms with van der Waals surface area (Å²) in [7, 11) is 1.30. The second-order valence-electron chi connectivity index (χ2n) is 8.94. The minimum atomic E-state index is -1.84. The van der Waals surface area contributed by atoms with Crippen LogP contribution >= 0.6 is 0 Å². The molecule has 174 valence electrons. The van der Waals surface area contributed by atoms with Crippen LogP contribution in [-0.4, -0.2) is 63.2 Å². The van der Waals surface area contributed by atoms with Gasteiger partial charge < -0.3 is 15.0 Å². The summed E-state index contributed by atoms with van der Waals surface area (Å²) >= 11 is 0. The van der Waals surface area contributed by atoms with E-state index in [4.69, 9.17) is 9.57 Å². The Hall–Kier alpha value is -2.67. The molecule has 1 aromatic carbocycles. The van der Waals surface area contributed by atoms with Crippen LogP contribution in [0.2, 0.25) is 19.6 Å². The molecule has 2 rings (SSSR count). The number of hydrogen-bond donors (Lipinski definition) is 2. The number of benzene rings is 1. The van der Waals surface area contributed by atoms with E-state index in [0.29, 0.717) is 18.6 Å². The fourth-order valence-corrected chi connectivity index (χ4v) is 3.55. The van der Waals surface area contributed by atoms with Crippen LogP contribution in [0.3, 0.4) is 0 Å². The van der Waals surface area contributed by atoms with Crippen molar-refractivity contribution in [3.63, 3.8) is 0 Å². The number of ether oxygens (including phenoxy) is 1. The topological polar surface area (TPSA) is 97.0 Å². The van der Waals surface area contributed by atoms with Crippen LogP contribution in [0.4, 0.5) is 0 Å². The van der Waals surface area contributed by atoms with Gasteiger partial charge in [0.1, 0.15) is 8.07 Å². The smallest absolute Gasteiger partial charge is 0.279 e. The predicted molar refractivity (Wildman–Crippen MR) is 124 cm³/mol. The van der Waals surface area contributed by atoms with Crippen LogP contribution in [0.5, 0.6) is 0 Å². The van der Waals surface area contributed by atoms with Gasteiger partial charge >= 0.3 is 0 Å². The molecule has 0 aromatic heterocycles. The minimum Gasteiger partial charge on any atom is -0.357 e. The van der Waals surface area contributed by atoms with E-state index in [-0.39, 0.29) is 0 Å². The summed E-state index contributed by atoms with van der Waals surface area (Å²) in [5, 5.41) is 2.46. The van der Waals surface area contributed by atoms with Crippen molar-refractivity contribution in [1.82, 2.24) is 15.7 Å². The fraction of sp³-hybridized carbons (Fsp3) is 0.522. The summed E-state index contributed by atoms with van der Waals surface area (Å²) in [6.07, 6.45) is 1.92. The zero-order valence-electron chi connectivity index (χ0n) is 19.7. The Balaban J connectivity index is 2.18. The molecular formula is C23H33N3O5Si. The van der Waals surface area contributed by atoms with Crippen LogP contribution in [0.25, 0.3) is 0 Å². The number of amides is 3. The number of nitrogens with zero attached hydrogens (tertiary/aromatic N) is 1. The zero-order chi connectivity index (χ0) is 23.9. The third kappa shape index (κ3) is 6.42. The van der Waals surface area contributed by atoms with Crippen molar-refractivity contribution < 1.29 is 24.0 Å². The Morgan fingerprint density at radius 1 is 1.16 bits per heavy atom. The van der Waals surface area contributed by atoms with E-state index < -0.39 is 37.6 Å². The molecular weight excluding hydrogens is 426 g/mol. The molecule has 0 spiro atoms. The molecule has 0 saturated carbocycles. The molecule has 1 aliphatic heterocycles. The quantitative estimate of drug-likeness (QED) is 0.294. The van der Waals surface area contributed by atoms with Gasteiger partial charge in [-0.05, 0) is 44.0 Å². The minimum absolute atomic E-state index is 0.338. The molecule has 32 heavy (non-hydrogen) atoms. The highest BCUT2D eigenvalue weighted by Gasteiger charge is 2.47. The maximum Gasteiger partial charge on any atom is 0.279 e. The van der Waals surface area contributed by atoms with Crippen LogP contribution in [0, 0.1) is 11.5 Å². The highest BCUT2D eigenvalue weighted by Crippen LogP contribution is 2.19. The molecule has 2 N–H and O–H groups in total. The van der Waals surface area contributed by atoms with Gasteiger partial charge in [-0.25, -0.2) is 10.3 Å². The first-order valence-corrected chi connectivity index (χ1v) is 14.2. The summed E-state index contributed by atoms with van der Waals surface area (Å²) < 4.78 is 5.43. The van der Waals surface area contributed by atoms with E-state index in [1.165, 1.54) is 21.0 Å². The third-order valence-electron chi connectivity index (χ3n) is 5.22. The molecule has 0 aliphatic carbocycles. The molecule has 0 bridgehead atoms. The average Bonchev–Trinajstić information content (AvgIpc) is 2.79. The van der Waals surface area contributed by atoms with Crippen molar-refractivity contribution in [2.45, 2.75) is 57.7 Å². The van der Waals surface area contributed by atoms with Crippen molar-refractivity contribution in [3.05, 3.63) is 35.4 Å². The number of hydroxylamine groups is 1. The molecule has 1 aliphatic rings. The molecule has 3 amide bonds. The molecule has 8 nitrogen and oxygen atoms in total. The van der Waals surface area contributed by atoms with Gasteiger partial charge in [-0.2, -0.15) is 0 Å². The second-order valence-corrected chi connectivity index (χ2v) is 13.7. The first kappa shape index (κ1) is 25.6. The van der Waals surface area contributed by atoms with Gasteiger partial charge in [-0.1, -0.05) is 25.6 Å². The average molecular weight is 460 g/mol. The maximum absolute atomic E-state index is 13.1. The van der Waals surface area contributed by atoms with Crippen LogP contribution < -0.4 is 10.8 Å². The standard InChI is InChI=1S/C23H33N3O5Si/c1-23(21(28)24-2,22(29)25-31-19-9-7-8-15-30-19)26(3)20(27)18-12-10-17(11-13-18)14-16-32(4,5)6/h10-13,19H,7-9,15H2,1-6H3,(H,24,28)(H,25,29)/t19?,23-/m0/s1. The SMILES string of the molecule is CNC(=O)[C@@](C)(C(=O)NOC1CCCCO1)N(C)C(=O)c1ccc(C#C[Si](C)(C)C)cc1. The van der Waals surface area contributed by atoms with E-state index in [2.05, 4.69) is 41.9 Å². The molecule has 1 heterocycles. The van der Waals surface area contributed by atoms with Crippen molar-refractivity contribution >= 4 is 25.8 Å². The molecule has 1 unspecified atom stereocenters. The van der Waals surface area contributed by atoms with E-state index >= 15 is 0 Å². The van der Waals surface area contributed by atoms with Gasteiger partial charge in [-0.3, -0.25) is 14.4 Å². The second kappa shape index (κ2) is 10.8. The van der Waals surface area contributed by atoms with Gasteiger partial charge in [0.15, 0.2) is 11.8 Å². The largest absolute Gasteiger partial charge is 0.357 e. The van der Waals surface area contributed by atoms with Gasteiger partial charge in [0.05, 0.1) is 0 Å². The summed E-state index contributed by atoms with van der Waals surface area (Å²) in [6.45, 7) is 8.38. The number of nitrogens with one attached hydrogen (secondary N) is 2. The van der Waals surface area contributed by atoms with Gasteiger partial charge in [0.2, 0.25) is 0 Å². The Morgan fingerprint density at radius 3 is 2.34 bits per heavy atom. The number of hydrogen-bond acceptors (Lipinski definition) is 5. The lowest BCUT2D eigenvalue weighted by Crippen LogP contribution is -2.65. The van der Waals surface area contributed by atoms with Crippen molar-refractivity contribution in [2.24, 2.45) is 0 Å². The summed E-state index contributed by atoms with van der Waals surface area (Å²) in [5.74, 6) is 1.25.